The average molecular weight is 306 g/mol. The van der Waals surface area contributed by atoms with E-state index in [2.05, 4.69) is 6.07 Å². The molecule has 0 aliphatic carbocycles. The van der Waals surface area contributed by atoms with Gasteiger partial charge in [0.05, 0.1) is 23.7 Å². The summed E-state index contributed by atoms with van der Waals surface area (Å²) in [6, 6.07) is 15.5. The number of methoxy groups -OCH3 is 1. The van der Waals surface area contributed by atoms with Crippen LogP contribution in [0.25, 0.3) is 11.6 Å². The molecule has 2 aromatic rings. The molecule has 0 amide bonds. The van der Waals surface area contributed by atoms with Gasteiger partial charge in [-0.3, -0.25) is 10.1 Å². The van der Waals surface area contributed by atoms with E-state index in [0.717, 1.165) is 11.3 Å². The molecule has 0 saturated heterocycles. The summed E-state index contributed by atoms with van der Waals surface area (Å²) in [5, 5.41) is 20.0. The number of benzene rings is 2. The third-order valence-corrected chi connectivity index (χ3v) is 3.16. The molecular formula is C18H14N2O3. The van der Waals surface area contributed by atoms with E-state index in [1.54, 1.807) is 31.4 Å². The van der Waals surface area contributed by atoms with Crippen LogP contribution in [0.15, 0.2) is 60.7 Å². The van der Waals surface area contributed by atoms with Crippen molar-refractivity contribution in [2.75, 3.05) is 7.11 Å². The highest BCUT2D eigenvalue weighted by Crippen LogP contribution is 2.20. The zero-order valence-electron chi connectivity index (χ0n) is 12.5. The van der Waals surface area contributed by atoms with Crippen molar-refractivity contribution in [3.05, 3.63) is 81.9 Å². The molecule has 2 rings (SSSR count). The van der Waals surface area contributed by atoms with Gasteiger partial charge in [-0.15, -0.1) is 0 Å². The van der Waals surface area contributed by atoms with Crippen LogP contribution in [0.2, 0.25) is 0 Å². The fraction of sp³-hybridized carbons (Fsp3) is 0.0556. The molecule has 114 valence electrons. The van der Waals surface area contributed by atoms with Gasteiger partial charge in [-0.1, -0.05) is 36.4 Å². The number of nitrogens with zero attached hydrogens (tertiary/aromatic N) is 2. The molecule has 0 aliphatic heterocycles. The third kappa shape index (κ3) is 4.29. The Morgan fingerprint density at radius 3 is 2.61 bits per heavy atom. The minimum absolute atomic E-state index is 0.0391. The van der Waals surface area contributed by atoms with E-state index in [4.69, 9.17) is 4.74 Å². The lowest BCUT2D eigenvalue weighted by Crippen LogP contribution is -1.89. The van der Waals surface area contributed by atoms with Crippen molar-refractivity contribution in [3.8, 4) is 11.8 Å². The fourth-order valence-corrected chi connectivity index (χ4v) is 1.96. The van der Waals surface area contributed by atoms with Crippen LogP contribution in [0.5, 0.6) is 5.75 Å². The van der Waals surface area contributed by atoms with Crippen molar-refractivity contribution in [1.82, 2.24) is 0 Å². The van der Waals surface area contributed by atoms with Crippen molar-refractivity contribution in [3.63, 3.8) is 0 Å². The number of ether oxygens (including phenoxy) is 1. The lowest BCUT2D eigenvalue weighted by molar-refractivity contribution is -0.384. The Kier molecular flexibility index (Phi) is 5.26. The van der Waals surface area contributed by atoms with E-state index in [-0.39, 0.29) is 5.69 Å². The summed E-state index contributed by atoms with van der Waals surface area (Å²) in [6.07, 6.45) is 5.20. The van der Waals surface area contributed by atoms with Gasteiger partial charge >= 0.3 is 0 Å². The van der Waals surface area contributed by atoms with Crippen LogP contribution in [0.3, 0.4) is 0 Å². The molecule has 0 radical (unpaired) electrons. The van der Waals surface area contributed by atoms with Gasteiger partial charge in [0.1, 0.15) is 5.75 Å². The Balaban J connectivity index is 2.21. The van der Waals surface area contributed by atoms with Gasteiger partial charge in [0, 0.05) is 12.1 Å². The topological polar surface area (TPSA) is 76.2 Å². The minimum Gasteiger partial charge on any atom is -0.497 e. The number of allylic oxidation sites excluding steroid dienone is 3. The monoisotopic (exact) mass is 306 g/mol. The largest absolute Gasteiger partial charge is 0.497 e. The van der Waals surface area contributed by atoms with Crippen LogP contribution in [0.4, 0.5) is 5.69 Å². The molecule has 5 nitrogen and oxygen atoms in total. The van der Waals surface area contributed by atoms with Crippen molar-refractivity contribution < 1.29 is 9.66 Å². The first-order valence-electron chi connectivity index (χ1n) is 6.81. The van der Waals surface area contributed by atoms with Gasteiger partial charge in [0.25, 0.3) is 5.69 Å². The Hall–Kier alpha value is -3.39. The zero-order chi connectivity index (χ0) is 16.7. The number of rotatable bonds is 5. The highest BCUT2D eigenvalue weighted by molar-refractivity contribution is 5.79. The SMILES string of the molecule is COc1ccc(C=CC=C(C#N)c2cccc([N+](=O)[O-])c2)cc1. The van der Waals surface area contributed by atoms with Crippen LogP contribution in [0.1, 0.15) is 11.1 Å². The predicted molar refractivity (Wildman–Crippen MR) is 88.7 cm³/mol. The molecule has 5 heteroatoms. The molecule has 0 saturated carbocycles. The molecular weight excluding hydrogens is 292 g/mol. The van der Waals surface area contributed by atoms with E-state index >= 15 is 0 Å². The number of nitro benzene ring substituents is 1. The van der Waals surface area contributed by atoms with Gasteiger partial charge in [0.15, 0.2) is 0 Å². The molecule has 23 heavy (non-hydrogen) atoms. The van der Waals surface area contributed by atoms with Gasteiger partial charge in [-0.05, 0) is 29.3 Å². The van der Waals surface area contributed by atoms with E-state index in [1.165, 1.54) is 12.1 Å². The number of nitriles is 1. The van der Waals surface area contributed by atoms with Crippen molar-refractivity contribution in [2.24, 2.45) is 0 Å². The maximum absolute atomic E-state index is 10.8. The molecule has 0 fully saturated rings. The zero-order valence-corrected chi connectivity index (χ0v) is 12.5. The van der Waals surface area contributed by atoms with Crippen LogP contribution >= 0.6 is 0 Å². The maximum Gasteiger partial charge on any atom is 0.270 e. The van der Waals surface area contributed by atoms with Gasteiger partial charge in [-0.25, -0.2) is 0 Å². The van der Waals surface area contributed by atoms with E-state index in [9.17, 15) is 15.4 Å². The second-order valence-electron chi connectivity index (χ2n) is 4.63. The summed E-state index contributed by atoms with van der Waals surface area (Å²) in [6.45, 7) is 0. The fourth-order valence-electron chi connectivity index (χ4n) is 1.96. The Morgan fingerprint density at radius 1 is 1.26 bits per heavy atom. The molecule has 0 unspecified atom stereocenters. The number of nitro groups is 1. The van der Waals surface area contributed by atoms with Crippen LogP contribution in [0, 0.1) is 21.4 Å². The maximum atomic E-state index is 10.8. The Bertz CT molecular complexity index is 800. The molecule has 0 bridgehead atoms. The normalized spacial score (nSPS) is 11.2. The summed E-state index contributed by atoms with van der Waals surface area (Å²) in [7, 11) is 1.60. The quantitative estimate of drug-likeness (QED) is 0.358. The highest BCUT2D eigenvalue weighted by Gasteiger charge is 2.07. The van der Waals surface area contributed by atoms with E-state index < -0.39 is 4.92 Å². The molecule has 0 heterocycles. The van der Waals surface area contributed by atoms with Gasteiger partial charge in [-0.2, -0.15) is 5.26 Å². The molecule has 0 aromatic heterocycles. The van der Waals surface area contributed by atoms with Crippen molar-refractivity contribution in [1.29, 1.82) is 5.26 Å². The van der Waals surface area contributed by atoms with Crippen LogP contribution in [-0.4, -0.2) is 12.0 Å². The number of hydrogen-bond donors (Lipinski definition) is 0. The lowest BCUT2D eigenvalue weighted by atomic mass is 10.1. The minimum atomic E-state index is -0.480. The Morgan fingerprint density at radius 2 is 2.00 bits per heavy atom. The van der Waals surface area contributed by atoms with Gasteiger partial charge in [0.2, 0.25) is 0 Å². The Labute approximate surface area is 133 Å². The predicted octanol–water partition coefficient (Wildman–Crippen LogP) is 4.22. The average Bonchev–Trinajstić information content (AvgIpc) is 2.59. The van der Waals surface area contributed by atoms with Crippen molar-refractivity contribution in [2.45, 2.75) is 0 Å². The first kappa shape index (κ1) is 16.0. The van der Waals surface area contributed by atoms with Crippen molar-refractivity contribution >= 4 is 17.3 Å². The summed E-state index contributed by atoms with van der Waals surface area (Å²) in [5.41, 5.74) is 1.79. The van der Waals surface area contributed by atoms with E-state index in [0.29, 0.717) is 11.1 Å². The van der Waals surface area contributed by atoms with Crippen LogP contribution in [-0.2, 0) is 0 Å². The highest BCUT2D eigenvalue weighted by atomic mass is 16.6. The molecule has 0 atom stereocenters. The summed E-state index contributed by atoms with van der Waals surface area (Å²) < 4.78 is 5.08. The molecule has 0 aliphatic rings. The summed E-state index contributed by atoms with van der Waals surface area (Å²) in [4.78, 5) is 10.3. The first-order valence-corrected chi connectivity index (χ1v) is 6.81. The van der Waals surface area contributed by atoms with Crippen LogP contribution < -0.4 is 4.74 Å². The molecule has 2 aromatic carbocycles. The van der Waals surface area contributed by atoms with Gasteiger partial charge < -0.3 is 4.74 Å². The summed E-state index contributed by atoms with van der Waals surface area (Å²) in [5.74, 6) is 0.770. The van der Waals surface area contributed by atoms with E-state index in [1.807, 2.05) is 30.3 Å². The third-order valence-electron chi connectivity index (χ3n) is 3.16. The smallest absolute Gasteiger partial charge is 0.270 e. The number of non-ortho nitro benzene ring substituents is 1. The lowest BCUT2D eigenvalue weighted by Gasteiger charge is -1.99. The standard InChI is InChI=1S/C18H14N2O3/c1-23-18-10-8-14(9-11-18)4-2-6-16(13-19)15-5-3-7-17(12-15)20(21)22/h2-12H,1H3. The number of hydrogen-bond acceptors (Lipinski definition) is 4. The second-order valence-corrected chi connectivity index (χ2v) is 4.63. The first-order chi connectivity index (χ1) is 11.1. The summed E-state index contributed by atoms with van der Waals surface area (Å²) >= 11 is 0. The molecule has 0 N–H and O–H groups in total. The second kappa shape index (κ2) is 7.57. The molecule has 0 spiro atoms.